The molecule has 1 amide bonds. The van der Waals surface area contributed by atoms with Crippen LogP contribution in [-0.2, 0) is 4.79 Å². The van der Waals surface area contributed by atoms with Crippen molar-refractivity contribution in [1.29, 1.82) is 0 Å². The Labute approximate surface area is 129 Å². The maximum Gasteiger partial charge on any atom is 0.238 e. The molecule has 3 N–H and O–H groups in total. The first-order chi connectivity index (χ1) is 10.1. The SMILES string of the molecule is CCCC1CCN(CCC2CCCC2(NC)C(N)=O)CC1. The van der Waals surface area contributed by atoms with Gasteiger partial charge in [-0.3, -0.25) is 4.79 Å². The molecule has 4 heteroatoms. The number of rotatable bonds is 7. The van der Waals surface area contributed by atoms with Gasteiger partial charge in [0.25, 0.3) is 0 Å². The first kappa shape index (κ1) is 16.8. The number of likely N-dealkylation sites (tertiary alicyclic amines) is 1. The molecule has 0 spiro atoms. The average molecular weight is 295 g/mol. The lowest BCUT2D eigenvalue weighted by molar-refractivity contribution is -0.125. The summed E-state index contributed by atoms with van der Waals surface area (Å²) in [7, 11) is 1.89. The third-order valence-corrected chi connectivity index (χ3v) is 5.90. The van der Waals surface area contributed by atoms with Crippen molar-refractivity contribution in [3.8, 4) is 0 Å². The molecule has 1 heterocycles. The van der Waals surface area contributed by atoms with E-state index in [-0.39, 0.29) is 5.91 Å². The van der Waals surface area contributed by atoms with Crippen LogP contribution in [-0.4, -0.2) is 43.0 Å². The van der Waals surface area contributed by atoms with Gasteiger partial charge < -0.3 is 16.0 Å². The third kappa shape index (κ3) is 3.78. The van der Waals surface area contributed by atoms with E-state index in [0.29, 0.717) is 5.92 Å². The van der Waals surface area contributed by atoms with Gasteiger partial charge >= 0.3 is 0 Å². The molecule has 0 aromatic carbocycles. The smallest absolute Gasteiger partial charge is 0.238 e. The highest BCUT2D eigenvalue weighted by Gasteiger charge is 2.46. The Morgan fingerprint density at radius 2 is 2.00 bits per heavy atom. The van der Waals surface area contributed by atoms with Crippen molar-refractivity contribution in [2.45, 2.75) is 63.8 Å². The minimum absolute atomic E-state index is 0.158. The Balaban J connectivity index is 1.79. The van der Waals surface area contributed by atoms with Crippen LogP contribution in [0.3, 0.4) is 0 Å². The number of likely N-dealkylation sites (N-methyl/N-ethyl adjacent to an activating group) is 1. The quantitative estimate of drug-likeness (QED) is 0.756. The summed E-state index contributed by atoms with van der Waals surface area (Å²) in [6.45, 7) is 5.88. The number of amides is 1. The van der Waals surface area contributed by atoms with Crippen LogP contribution >= 0.6 is 0 Å². The summed E-state index contributed by atoms with van der Waals surface area (Å²) < 4.78 is 0. The minimum Gasteiger partial charge on any atom is -0.368 e. The van der Waals surface area contributed by atoms with Crippen LogP contribution in [0.1, 0.15) is 58.3 Å². The van der Waals surface area contributed by atoms with Gasteiger partial charge in [-0.25, -0.2) is 0 Å². The van der Waals surface area contributed by atoms with Gasteiger partial charge in [0.1, 0.15) is 5.54 Å². The third-order valence-electron chi connectivity index (χ3n) is 5.90. The maximum atomic E-state index is 11.9. The first-order valence-corrected chi connectivity index (χ1v) is 8.83. The van der Waals surface area contributed by atoms with Crippen molar-refractivity contribution in [3.63, 3.8) is 0 Å². The Bertz CT molecular complexity index is 339. The lowest BCUT2D eigenvalue weighted by Crippen LogP contribution is -2.57. The summed E-state index contributed by atoms with van der Waals surface area (Å²) in [5.74, 6) is 1.20. The van der Waals surface area contributed by atoms with E-state index in [1.54, 1.807) is 0 Å². The molecule has 2 aliphatic rings. The molecule has 1 saturated carbocycles. The monoisotopic (exact) mass is 295 g/mol. The number of hydrogen-bond acceptors (Lipinski definition) is 3. The van der Waals surface area contributed by atoms with Crippen LogP contribution in [0.2, 0.25) is 0 Å². The number of hydrogen-bond donors (Lipinski definition) is 2. The number of nitrogens with zero attached hydrogens (tertiary/aromatic N) is 1. The van der Waals surface area contributed by atoms with Crippen molar-refractivity contribution in [3.05, 3.63) is 0 Å². The molecule has 1 aliphatic heterocycles. The highest BCUT2D eigenvalue weighted by atomic mass is 16.1. The molecule has 2 atom stereocenters. The van der Waals surface area contributed by atoms with Gasteiger partial charge in [-0.1, -0.05) is 26.2 Å². The number of primary amides is 1. The van der Waals surface area contributed by atoms with Crippen LogP contribution < -0.4 is 11.1 Å². The molecule has 0 aromatic rings. The second-order valence-corrected chi connectivity index (χ2v) is 7.04. The van der Waals surface area contributed by atoms with Crippen molar-refractivity contribution in [2.24, 2.45) is 17.6 Å². The van der Waals surface area contributed by atoms with Gasteiger partial charge in [0.15, 0.2) is 0 Å². The topological polar surface area (TPSA) is 58.4 Å². The molecule has 0 aromatic heterocycles. The van der Waals surface area contributed by atoms with Gasteiger partial charge in [-0.15, -0.1) is 0 Å². The predicted octanol–water partition coefficient (Wildman–Crippen LogP) is 2.13. The molecule has 2 fully saturated rings. The van der Waals surface area contributed by atoms with Gasteiger partial charge in [0.2, 0.25) is 5.91 Å². The molecule has 122 valence electrons. The fourth-order valence-corrected chi connectivity index (χ4v) is 4.49. The summed E-state index contributed by atoms with van der Waals surface area (Å²) in [6.07, 6.45) is 9.67. The zero-order chi connectivity index (χ0) is 15.3. The summed E-state index contributed by atoms with van der Waals surface area (Å²) in [6, 6.07) is 0. The largest absolute Gasteiger partial charge is 0.368 e. The summed E-state index contributed by atoms with van der Waals surface area (Å²) in [5, 5.41) is 3.25. The Hall–Kier alpha value is -0.610. The lowest BCUT2D eigenvalue weighted by Gasteiger charge is -2.36. The zero-order valence-electron chi connectivity index (χ0n) is 13.9. The molecule has 21 heavy (non-hydrogen) atoms. The first-order valence-electron chi connectivity index (χ1n) is 8.83. The number of carbonyl (C=O) groups excluding carboxylic acids is 1. The van der Waals surface area contributed by atoms with Gasteiger partial charge in [-0.2, -0.15) is 0 Å². The van der Waals surface area contributed by atoms with E-state index in [4.69, 9.17) is 5.73 Å². The zero-order valence-corrected chi connectivity index (χ0v) is 13.9. The highest BCUT2D eigenvalue weighted by Crippen LogP contribution is 2.38. The van der Waals surface area contributed by atoms with Crippen molar-refractivity contribution >= 4 is 5.91 Å². The van der Waals surface area contributed by atoms with E-state index in [1.165, 1.54) is 38.8 Å². The fraction of sp³-hybridized carbons (Fsp3) is 0.941. The molecular formula is C17H33N3O. The van der Waals surface area contributed by atoms with E-state index < -0.39 is 5.54 Å². The Morgan fingerprint density at radius 3 is 2.57 bits per heavy atom. The van der Waals surface area contributed by atoms with E-state index in [9.17, 15) is 4.79 Å². The van der Waals surface area contributed by atoms with Crippen molar-refractivity contribution in [2.75, 3.05) is 26.7 Å². The number of carbonyl (C=O) groups is 1. The summed E-state index contributed by atoms with van der Waals surface area (Å²) in [4.78, 5) is 14.5. The van der Waals surface area contributed by atoms with Crippen LogP contribution in [0.15, 0.2) is 0 Å². The minimum atomic E-state index is -0.444. The highest BCUT2D eigenvalue weighted by molar-refractivity contribution is 5.85. The van der Waals surface area contributed by atoms with Gasteiger partial charge in [-0.05, 0) is 70.6 Å². The Morgan fingerprint density at radius 1 is 1.29 bits per heavy atom. The van der Waals surface area contributed by atoms with Gasteiger partial charge in [0, 0.05) is 0 Å². The van der Waals surface area contributed by atoms with Gasteiger partial charge in [0.05, 0.1) is 0 Å². The molecule has 2 unspecified atom stereocenters. The van der Waals surface area contributed by atoms with Crippen LogP contribution in [0.5, 0.6) is 0 Å². The second kappa shape index (κ2) is 7.59. The maximum absolute atomic E-state index is 11.9. The molecule has 4 nitrogen and oxygen atoms in total. The average Bonchev–Trinajstić information content (AvgIpc) is 2.91. The summed E-state index contributed by atoms with van der Waals surface area (Å²) >= 11 is 0. The molecule has 1 saturated heterocycles. The predicted molar refractivity (Wildman–Crippen MR) is 87.0 cm³/mol. The number of nitrogens with two attached hydrogens (primary N) is 1. The van der Waals surface area contributed by atoms with Crippen molar-refractivity contribution in [1.82, 2.24) is 10.2 Å². The van der Waals surface area contributed by atoms with E-state index in [0.717, 1.165) is 38.1 Å². The van der Waals surface area contributed by atoms with E-state index in [2.05, 4.69) is 17.1 Å². The lowest BCUT2D eigenvalue weighted by atomic mass is 9.83. The molecule has 0 bridgehead atoms. The molecule has 2 rings (SSSR count). The van der Waals surface area contributed by atoms with Crippen LogP contribution in [0, 0.1) is 11.8 Å². The number of nitrogens with one attached hydrogen (secondary N) is 1. The molecular weight excluding hydrogens is 262 g/mol. The van der Waals surface area contributed by atoms with E-state index >= 15 is 0 Å². The van der Waals surface area contributed by atoms with Crippen LogP contribution in [0.4, 0.5) is 0 Å². The number of piperidine rings is 1. The molecule has 0 radical (unpaired) electrons. The second-order valence-electron chi connectivity index (χ2n) is 7.04. The Kier molecular flexibility index (Phi) is 6.06. The van der Waals surface area contributed by atoms with Crippen molar-refractivity contribution < 1.29 is 4.79 Å². The van der Waals surface area contributed by atoms with E-state index in [1.807, 2.05) is 7.05 Å². The summed E-state index contributed by atoms with van der Waals surface area (Å²) in [5.41, 5.74) is 5.23. The molecule has 1 aliphatic carbocycles. The normalized spacial score (nSPS) is 31.6. The van der Waals surface area contributed by atoms with Crippen LogP contribution in [0.25, 0.3) is 0 Å². The fourth-order valence-electron chi connectivity index (χ4n) is 4.49. The standard InChI is InChI=1S/C17H33N3O/c1-3-5-14-7-11-20(12-8-14)13-9-15-6-4-10-17(15,19-2)16(18)21/h14-15,19H,3-13H2,1-2H3,(H2,18,21).